The van der Waals surface area contributed by atoms with Crippen LogP contribution in [0.2, 0.25) is 0 Å². The van der Waals surface area contributed by atoms with Gasteiger partial charge in [0, 0.05) is 5.38 Å². The third-order valence-corrected chi connectivity index (χ3v) is 3.65. The highest BCUT2D eigenvalue weighted by molar-refractivity contribution is 7.13. The predicted molar refractivity (Wildman–Crippen MR) is 79.6 cm³/mol. The Bertz CT molecular complexity index is 600. The summed E-state index contributed by atoms with van der Waals surface area (Å²) in [6, 6.07) is 5.80. The number of carbonyl (C=O) groups is 1. The van der Waals surface area contributed by atoms with E-state index >= 15 is 0 Å². The normalized spacial score (nSPS) is 11.9. The molecular weight excluding hydrogens is 277 g/mol. The van der Waals surface area contributed by atoms with Crippen molar-refractivity contribution in [3.05, 3.63) is 41.2 Å². The molecule has 1 aromatic heterocycles. The minimum absolute atomic E-state index is 0.217. The number of nitrogens with one attached hydrogen (secondary N) is 2. The van der Waals surface area contributed by atoms with Gasteiger partial charge in [0.1, 0.15) is 11.9 Å². The molecule has 1 aromatic carbocycles. The van der Waals surface area contributed by atoms with Gasteiger partial charge in [0.25, 0.3) is 0 Å². The van der Waals surface area contributed by atoms with Crippen LogP contribution >= 0.6 is 11.3 Å². The Morgan fingerprint density at radius 3 is 2.80 bits per heavy atom. The highest BCUT2D eigenvalue weighted by Crippen LogP contribution is 2.18. The fourth-order valence-electron chi connectivity index (χ4n) is 1.72. The molecule has 0 aliphatic heterocycles. The van der Waals surface area contributed by atoms with E-state index in [0.717, 1.165) is 5.69 Å². The maximum absolute atomic E-state index is 13.6. The van der Waals surface area contributed by atoms with Crippen molar-refractivity contribution in [1.29, 1.82) is 0 Å². The second-order valence-corrected chi connectivity index (χ2v) is 5.23. The van der Waals surface area contributed by atoms with Gasteiger partial charge < -0.3 is 10.6 Å². The number of para-hydroxylation sites is 1. The summed E-state index contributed by atoms with van der Waals surface area (Å²) < 4.78 is 13.6. The van der Waals surface area contributed by atoms with Crippen LogP contribution in [0.3, 0.4) is 0 Å². The Morgan fingerprint density at radius 2 is 2.20 bits per heavy atom. The summed E-state index contributed by atoms with van der Waals surface area (Å²) in [7, 11) is 0. The molecule has 4 nitrogen and oxygen atoms in total. The van der Waals surface area contributed by atoms with Gasteiger partial charge in [0.15, 0.2) is 5.13 Å². The molecule has 2 N–H and O–H groups in total. The van der Waals surface area contributed by atoms with E-state index in [9.17, 15) is 9.18 Å². The van der Waals surface area contributed by atoms with Gasteiger partial charge in [-0.15, -0.1) is 11.3 Å². The number of halogens is 1. The van der Waals surface area contributed by atoms with E-state index in [2.05, 4.69) is 15.6 Å². The number of hydrogen-bond donors (Lipinski definition) is 2. The molecule has 1 amide bonds. The van der Waals surface area contributed by atoms with Crippen LogP contribution in [-0.2, 0) is 4.79 Å². The second-order valence-electron chi connectivity index (χ2n) is 4.37. The van der Waals surface area contributed by atoms with Crippen molar-refractivity contribution in [1.82, 2.24) is 4.98 Å². The maximum atomic E-state index is 13.6. The molecule has 0 spiro atoms. The van der Waals surface area contributed by atoms with Crippen molar-refractivity contribution in [2.45, 2.75) is 26.3 Å². The number of benzene rings is 1. The number of rotatable bonds is 5. The number of anilines is 2. The molecule has 0 radical (unpaired) electrons. The molecule has 6 heteroatoms. The number of carbonyl (C=O) groups excluding carboxylic acids is 1. The van der Waals surface area contributed by atoms with E-state index in [1.807, 2.05) is 19.2 Å². The van der Waals surface area contributed by atoms with Crippen molar-refractivity contribution in [3.63, 3.8) is 0 Å². The van der Waals surface area contributed by atoms with Crippen LogP contribution in [0.5, 0.6) is 0 Å². The molecule has 0 bridgehead atoms. The van der Waals surface area contributed by atoms with E-state index in [1.165, 1.54) is 17.4 Å². The first-order chi connectivity index (χ1) is 9.60. The van der Waals surface area contributed by atoms with E-state index in [4.69, 9.17) is 0 Å². The highest BCUT2D eigenvalue weighted by atomic mass is 32.1. The lowest BCUT2D eigenvalue weighted by Crippen LogP contribution is -2.34. The molecule has 0 aliphatic carbocycles. The van der Waals surface area contributed by atoms with E-state index in [1.54, 1.807) is 18.2 Å². The minimum atomic E-state index is -0.504. The lowest BCUT2D eigenvalue weighted by atomic mass is 10.2. The molecule has 0 saturated heterocycles. The van der Waals surface area contributed by atoms with Crippen LogP contribution in [0.4, 0.5) is 15.2 Å². The number of aryl methyl sites for hydroxylation is 1. The topological polar surface area (TPSA) is 54.0 Å². The molecule has 1 heterocycles. The van der Waals surface area contributed by atoms with Gasteiger partial charge in [0.2, 0.25) is 5.91 Å². The average Bonchev–Trinajstić information content (AvgIpc) is 2.83. The smallest absolute Gasteiger partial charge is 0.248 e. The SMILES string of the molecule is CC[C@@H](Nc1ccccc1F)C(=O)Nc1nc(C)cs1. The molecule has 2 aromatic rings. The summed E-state index contributed by atoms with van der Waals surface area (Å²) in [5, 5.41) is 8.07. The molecule has 0 aliphatic rings. The summed E-state index contributed by atoms with van der Waals surface area (Å²) in [5.41, 5.74) is 1.19. The predicted octanol–water partition coefficient (Wildman–Crippen LogP) is 3.42. The number of aromatic nitrogens is 1. The highest BCUT2D eigenvalue weighted by Gasteiger charge is 2.18. The molecule has 0 unspecified atom stereocenters. The lowest BCUT2D eigenvalue weighted by Gasteiger charge is -2.17. The Kier molecular flexibility index (Phi) is 4.68. The van der Waals surface area contributed by atoms with Crippen LogP contribution < -0.4 is 10.6 Å². The quantitative estimate of drug-likeness (QED) is 0.888. The number of hydrogen-bond acceptors (Lipinski definition) is 4. The monoisotopic (exact) mass is 293 g/mol. The molecule has 0 fully saturated rings. The number of amides is 1. The summed E-state index contributed by atoms with van der Waals surface area (Å²) in [5.74, 6) is -0.589. The lowest BCUT2D eigenvalue weighted by molar-refractivity contribution is -0.116. The van der Waals surface area contributed by atoms with Gasteiger partial charge in [-0.25, -0.2) is 9.37 Å². The Hall–Kier alpha value is -1.95. The van der Waals surface area contributed by atoms with Crippen molar-refractivity contribution >= 4 is 28.1 Å². The van der Waals surface area contributed by atoms with Gasteiger partial charge in [-0.3, -0.25) is 4.79 Å². The summed E-state index contributed by atoms with van der Waals surface area (Å²) in [6.45, 7) is 3.73. The standard InChI is InChI=1S/C14H16FN3OS/c1-3-11(17-12-7-5-4-6-10(12)15)13(19)18-14-16-9(2)8-20-14/h4-8,11,17H,3H2,1-2H3,(H,16,18,19)/t11-/m1/s1. The second kappa shape index (κ2) is 6.47. The molecule has 2 rings (SSSR count). The zero-order chi connectivity index (χ0) is 14.5. The van der Waals surface area contributed by atoms with Gasteiger partial charge in [0.05, 0.1) is 11.4 Å². The zero-order valence-corrected chi connectivity index (χ0v) is 12.1. The van der Waals surface area contributed by atoms with Crippen molar-refractivity contribution in [2.75, 3.05) is 10.6 Å². The Morgan fingerprint density at radius 1 is 1.45 bits per heavy atom. The van der Waals surface area contributed by atoms with Gasteiger partial charge in [-0.05, 0) is 25.5 Å². The van der Waals surface area contributed by atoms with Crippen LogP contribution in [-0.4, -0.2) is 16.9 Å². The van der Waals surface area contributed by atoms with Crippen molar-refractivity contribution < 1.29 is 9.18 Å². The van der Waals surface area contributed by atoms with Gasteiger partial charge >= 0.3 is 0 Å². The Labute approximate surface area is 121 Å². The maximum Gasteiger partial charge on any atom is 0.248 e. The summed E-state index contributed by atoms with van der Waals surface area (Å²) >= 11 is 1.37. The third kappa shape index (κ3) is 3.54. The van der Waals surface area contributed by atoms with Crippen LogP contribution in [0, 0.1) is 12.7 Å². The average molecular weight is 293 g/mol. The fraction of sp³-hybridized carbons (Fsp3) is 0.286. The van der Waals surface area contributed by atoms with Crippen molar-refractivity contribution in [3.8, 4) is 0 Å². The van der Waals surface area contributed by atoms with Crippen LogP contribution in [0.1, 0.15) is 19.0 Å². The first-order valence-corrected chi connectivity index (χ1v) is 7.22. The number of nitrogens with zero attached hydrogens (tertiary/aromatic N) is 1. The molecular formula is C14H16FN3OS. The van der Waals surface area contributed by atoms with Gasteiger partial charge in [-0.1, -0.05) is 19.1 Å². The van der Waals surface area contributed by atoms with Gasteiger partial charge in [-0.2, -0.15) is 0 Å². The third-order valence-electron chi connectivity index (χ3n) is 2.78. The molecule has 20 heavy (non-hydrogen) atoms. The minimum Gasteiger partial charge on any atom is -0.371 e. The van der Waals surface area contributed by atoms with Crippen LogP contribution in [0.15, 0.2) is 29.6 Å². The van der Waals surface area contributed by atoms with Crippen LogP contribution in [0.25, 0.3) is 0 Å². The Balaban J connectivity index is 2.04. The zero-order valence-electron chi connectivity index (χ0n) is 11.3. The van der Waals surface area contributed by atoms with E-state index in [0.29, 0.717) is 17.2 Å². The van der Waals surface area contributed by atoms with Crippen molar-refractivity contribution in [2.24, 2.45) is 0 Å². The van der Waals surface area contributed by atoms with E-state index < -0.39 is 6.04 Å². The van der Waals surface area contributed by atoms with E-state index in [-0.39, 0.29) is 11.7 Å². The molecule has 0 saturated carbocycles. The largest absolute Gasteiger partial charge is 0.371 e. The summed E-state index contributed by atoms with van der Waals surface area (Å²) in [6.07, 6.45) is 0.546. The summed E-state index contributed by atoms with van der Waals surface area (Å²) in [4.78, 5) is 16.3. The molecule has 106 valence electrons. The fourth-order valence-corrected chi connectivity index (χ4v) is 2.41. The first kappa shape index (κ1) is 14.5. The molecule has 1 atom stereocenters. The first-order valence-electron chi connectivity index (χ1n) is 6.34. The number of thiazole rings is 1.